The van der Waals surface area contributed by atoms with E-state index in [1.807, 2.05) is 38.1 Å². The molecule has 4 nitrogen and oxygen atoms in total. The highest BCUT2D eigenvalue weighted by Crippen LogP contribution is 2.23. The molecule has 0 saturated carbocycles. The number of aromatic nitrogens is 2. The number of rotatable bonds is 4. The molecule has 5 heteroatoms. The smallest absolute Gasteiger partial charge is 0.253 e. The van der Waals surface area contributed by atoms with E-state index in [0.29, 0.717) is 10.6 Å². The Morgan fingerprint density at radius 1 is 1.13 bits per heavy atom. The van der Waals surface area contributed by atoms with Crippen LogP contribution in [0, 0.1) is 5.92 Å². The maximum absolute atomic E-state index is 12.5. The normalized spacial score (nSPS) is 12.5. The summed E-state index contributed by atoms with van der Waals surface area (Å²) >= 11 is 6.11. The van der Waals surface area contributed by atoms with Crippen LogP contribution in [0.15, 0.2) is 48.5 Å². The number of fused-ring (bicyclic) bond motifs is 1. The Kier molecular flexibility index (Phi) is 4.35. The van der Waals surface area contributed by atoms with Gasteiger partial charge in [-0.15, -0.1) is 0 Å². The second-order valence-corrected chi connectivity index (χ2v) is 6.22. The molecule has 0 aliphatic rings. The first kappa shape index (κ1) is 15.6. The molecule has 0 spiro atoms. The van der Waals surface area contributed by atoms with E-state index in [-0.39, 0.29) is 17.9 Å². The summed E-state index contributed by atoms with van der Waals surface area (Å²) in [5.74, 6) is 0.735. The van der Waals surface area contributed by atoms with Gasteiger partial charge in [0.05, 0.1) is 27.7 Å². The zero-order valence-electron chi connectivity index (χ0n) is 13.0. The molecule has 3 aromatic rings. The minimum absolute atomic E-state index is 0.182. The third-order valence-electron chi connectivity index (χ3n) is 3.77. The van der Waals surface area contributed by atoms with Crippen molar-refractivity contribution in [3.8, 4) is 0 Å². The summed E-state index contributed by atoms with van der Waals surface area (Å²) in [6, 6.07) is 14.6. The van der Waals surface area contributed by atoms with Gasteiger partial charge < -0.3 is 10.3 Å². The Morgan fingerprint density at radius 3 is 2.52 bits per heavy atom. The molecular weight excluding hydrogens is 310 g/mol. The minimum atomic E-state index is -0.217. The van der Waals surface area contributed by atoms with Crippen LogP contribution in [-0.4, -0.2) is 15.9 Å². The van der Waals surface area contributed by atoms with Crippen LogP contribution in [0.5, 0.6) is 0 Å². The summed E-state index contributed by atoms with van der Waals surface area (Å²) in [6.45, 7) is 4.09. The number of hydrogen-bond donors (Lipinski definition) is 2. The third kappa shape index (κ3) is 3.22. The predicted octanol–water partition coefficient (Wildman–Crippen LogP) is 4.34. The molecule has 1 amide bonds. The van der Waals surface area contributed by atoms with E-state index in [2.05, 4.69) is 15.3 Å². The molecular formula is C18H18ClN3O. The molecule has 1 atom stereocenters. The Morgan fingerprint density at radius 2 is 1.83 bits per heavy atom. The Bertz CT molecular complexity index is 808. The molecule has 2 N–H and O–H groups in total. The van der Waals surface area contributed by atoms with Gasteiger partial charge >= 0.3 is 0 Å². The quantitative estimate of drug-likeness (QED) is 0.748. The summed E-state index contributed by atoms with van der Waals surface area (Å²) in [5, 5.41) is 3.48. The lowest BCUT2D eigenvalue weighted by Gasteiger charge is -2.20. The van der Waals surface area contributed by atoms with E-state index < -0.39 is 0 Å². The fourth-order valence-corrected chi connectivity index (χ4v) is 2.76. The van der Waals surface area contributed by atoms with Gasteiger partial charge in [0.1, 0.15) is 5.82 Å². The largest absolute Gasteiger partial charge is 0.342 e. The number of H-pyrrole nitrogens is 1. The van der Waals surface area contributed by atoms with Crippen molar-refractivity contribution in [2.24, 2.45) is 5.92 Å². The zero-order valence-corrected chi connectivity index (χ0v) is 13.8. The third-order valence-corrected chi connectivity index (χ3v) is 4.10. The monoisotopic (exact) mass is 327 g/mol. The molecule has 2 aromatic carbocycles. The highest BCUT2D eigenvalue weighted by atomic mass is 35.5. The average Bonchev–Trinajstić information content (AvgIpc) is 2.96. The highest BCUT2D eigenvalue weighted by Gasteiger charge is 2.23. The van der Waals surface area contributed by atoms with Crippen LogP contribution >= 0.6 is 11.6 Å². The molecule has 0 fully saturated rings. The summed E-state index contributed by atoms with van der Waals surface area (Å²) in [6.07, 6.45) is 0. The van der Waals surface area contributed by atoms with Gasteiger partial charge in [-0.1, -0.05) is 49.7 Å². The van der Waals surface area contributed by atoms with E-state index in [1.54, 1.807) is 24.3 Å². The first-order valence-corrected chi connectivity index (χ1v) is 7.94. The van der Waals surface area contributed by atoms with Gasteiger partial charge in [-0.3, -0.25) is 4.79 Å². The van der Waals surface area contributed by atoms with Crippen molar-refractivity contribution in [1.82, 2.24) is 15.3 Å². The van der Waals surface area contributed by atoms with Gasteiger partial charge in [-0.25, -0.2) is 4.98 Å². The molecule has 0 radical (unpaired) electrons. The van der Waals surface area contributed by atoms with Crippen LogP contribution in [0.3, 0.4) is 0 Å². The fraction of sp³-hybridized carbons (Fsp3) is 0.222. The lowest BCUT2D eigenvalue weighted by Crippen LogP contribution is -2.32. The molecule has 0 aliphatic heterocycles. The average molecular weight is 328 g/mol. The predicted molar refractivity (Wildman–Crippen MR) is 92.6 cm³/mol. The summed E-state index contributed by atoms with van der Waals surface area (Å²) < 4.78 is 0. The Balaban J connectivity index is 1.90. The second-order valence-electron chi connectivity index (χ2n) is 5.81. The van der Waals surface area contributed by atoms with Crippen molar-refractivity contribution in [2.45, 2.75) is 19.9 Å². The minimum Gasteiger partial charge on any atom is -0.342 e. The first-order chi connectivity index (χ1) is 11.1. The van der Waals surface area contributed by atoms with Crippen molar-refractivity contribution in [3.05, 3.63) is 64.9 Å². The van der Waals surface area contributed by atoms with Gasteiger partial charge in [0.25, 0.3) is 5.91 Å². The van der Waals surface area contributed by atoms with E-state index in [9.17, 15) is 4.79 Å². The van der Waals surface area contributed by atoms with Gasteiger partial charge in [-0.05, 0) is 30.2 Å². The molecule has 0 saturated heterocycles. The number of para-hydroxylation sites is 2. The van der Waals surface area contributed by atoms with E-state index in [4.69, 9.17) is 11.6 Å². The number of nitrogens with one attached hydrogen (secondary N) is 2. The highest BCUT2D eigenvalue weighted by molar-refractivity contribution is 6.33. The van der Waals surface area contributed by atoms with Crippen LogP contribution < -0.4 is 5.32 Å². The van der Waals surface area contributed by atoms with Crippen molar-refractivity contribution in [1.29, 1.82) is 0 Å². The summed E-state index contributed by atoms with van der Waals surface area (Å²) in [7, 11) is 0. The van der Waals surface area contributed by atoms with E-state index in [1.165, 1.54) is 0 Å². The number of carbonyl (C=O) groups is 1. The molecule has 0 bridgehead atoms. The van der Waals surface area contributed by atoms with Gasteiger partial charge in [0, 0.05) is 0 Å². The Hall–Kier alpha value is -2.33. The fourth-order valence-electron chi connectivity index (χ4n) is 2.53. The maximum atomic E-state index is 12.5. The van der Waals surface area contributed by atoms with Crippen LogP contribution in [0.2, 0.25) is 5.02 Å². The zero-order chi connectivity index (χ0) is 16.4. The molecule has 118 valence electrons. The number of amides is 1. The van der Waals surface area contributed by atoms with Crippen molar-refractivity contribution in [2.75, 3.05) is 0 Å². The van der Waals surface area contributed by atoms with E-state index >= 15 is 0 Å². The number of nitrogens with zero attached hydrogens (tertiary/aromatic N) is 1. The summed E-state index contributed by atoms with van der Waals surface area (Å²) in [5.41, 5.74) is 2.32. The van der Waals surface area contributed by atoms with E-state index in [0.717, 1.165) is 16.9 Å². The molecule has 1 aromatic heterocycles. The SMILES string of the molecule is CC(C)C(NC(=O)c1ccccc1Cl)c1nc2ccccc2[nH]1. The topological polar surface area (TPSA) is 57.8 Å². The summed E-state index contributed by atoms with van der Waals surface area (Å²) in [4.78, 5) is 20.4. The van der Waals surface area contributed by atoms with Crippen LogP contribution in [0.1, 0.15) is 36.1 Å². The Labute approximate surface area is 139 Å². The lowest BCUT2D eigenvalue weighted by atomic mass is 10.0. The van der Waals surface area contributed by atoms with Gasteiger partial charge in [0.2, 0.25) is 0 Å². The van der Waals surface area contributed by atoms with Crippen molar-refractivity contribution < 1.29 is 4.79 Å². The van der Waals surface area contributed by atoms with Crippen molar-refractivity contribution in [3.63, 3.8) is 0 Å². The molecule has 1 unspecified atom stereocenters. The standard InChI is InChI=1S/C18H18ClN3O/c1-11(2)16(17-20-14-9-5-6-10-15(14)21-17)22-18(23)12-7-3-4-8-13(12)19/h3-11,16H,1-2H3,(H,20,21)(H,22,23). The number of aromatic amines is 1. The number of halogens is 1. The lowest BCUT2D eigenvalue weighted by molar-refractivity contribution is 0.0923. The molecule has 23 heavy (non-hydrogen) atoms. The van der Waals surface area contributed by atoms with Gasteiger partial charge in [0.15, 0.2) is 0 Å². The first-order valence-electron chi connectivity index (χ1n) is 7.56. The molecule has 0 aliphatic carbocycles. The molecule has 1 heterocycles. The van der Waals surface area contributed by atoms with Crippen LogP contribution in [0.25, 0.3) is 11.0 Å². The maximum Gasteiger partial charge on any atom is 0.253 e. The van der Waals surface area contributed by atoms with Crippen LogP contribution in [0.4, 0.5) is 0 Å². The van der Waals surface area contributed by atoms with Crippen LogP contribution in [-0.2, 0) is 0 Å². The number of benzene rings is 2. The number of hydrogen-bond acceptors (Lipinski definition) is 2. The van der Waals surface area contributed by atoms with Crippen molar-refractivity contribution >= 4 is 28.5 Å². The molecule has 3 rings (SSSR count). The van der Waals surface area contributed by atoms with Gasteiger partial charge in [-0.2, -0.15) is 0 Å². The number of carbonyl (C=O) groups excluding carboxylic acids is 1. The second kappa shape index (κ2) is 6.42. The number of imidazole rings is 1.